The first-order valence-corrected chi connectivity index (χ1v) is 7.68. The molecule has 0 amide bonds. The van der Waals surface area contributed by atoms with Crippen molar-refractivity contribution in [3.8, 4) is 0 Å². The smallest absolute Gasteiger partial charge is 0.331 e. The summed E-state index contributed by atoms with van der Waals surface area (Å²) in [4.78, 5) is 21.6. The molecule has 0 aliphatic rings. The number of hydrogen-bond donors (Lipinski definition) is 0. The van der Waals surface area contributed by atoms with Crippen molar-refractivity contribution >= 4 is 53.0 Å². The number of halogens is 3. The molecule has 0 aromatic carbocycles. The van der Waals surface area contributed by atoms with Gasteiger partial charge >= 0.3 is 14.2 Å². The molecule has 0 heterocycles. The van der Waals surface area contributed by atoms with E-state index in [0.717, 1.165) is 0 Å². The van der Waals surface area contributed by atoms with Gasteiger partial charge in [0.2, 0.25) is 0 Å². The molecule has 0 bridgehead atoms. The van der Waals surface area contributed by atoms with E-state index in [2.05, 4.69) is 26.1 Å². The maximum absolute atomic E-state index is 10.8. The molecular formula is C7H11Cl3O5S. The highest BCUT2D eigenvalue weighted by Crippen LogP contribution is 2.03. The van der Waals surface area contributed by atoms with Gasteiger partial charge in [0.25, 0.3) is 0 Å². The van der Waals surface area contributed by atoms with Gasteiger partial charge in [-0.25, -0.2) is 4.79 Å². The highest BCUT2D eigenvalue weighted by molar-refractivity contribution is 8.31. The Hall–Kier alpha value is -0.0400. The lowest BCUT2D eigenvalue weighted by Gasteiger charge is -2.04. The van der Waals surface area contributed by atoms with Crippen molar-refractivity contribution in [2.24, 2.45) is 0 Å². The molecular weight excluding hydrogens is 302 g/mol. The van der Waals surface area contributed by atoms with Crippen LogP contribution >= 0.6 is 33.0 Å². The molecule has 1 atom stereocenters. The number of Topliss-reactive ketones (excluding diaryl/α,β-unsaturated/α-hetero) is 1. The minimum absolute atomic E-state index is 0.249. The number of alkyl halides is 1. The third-order valence-corrected chi connectivity index (χ3v) is 1.55. The number of hydrogen-bond acceptors (Lipinski definition) is 5. The van der Waals surface area contributed by atoms with Gasteiger partial charge in [-0.05, 0) is 6.92 Å². The molecule has 5 nitrogen and oxygen atoms in total. The van der Waals surface area contributed by atoms with E-state index in [1.807, 2.05) is 0 Å². The van der Waals surface area contributed by atoms with Crippen molar-refractivity contribution in [1.82, 2.24) is 0 Å². The van der Waals surface area contributed by atoms with Crippen LogP contribution in [0.2, 0.25) is 0 Å². The Morgan fingerprint density at radius 2 is 1.62 bits per heavy atom. The minimum Gasteiger partial charge on any atom is -0.465 e. The molecule has 0 aromatic rings. The van der Waals surface area contributed by atoms with Crippen LogP contribution in [0.4, 0.5) is 0 Å². The second-order valence-electron chi connectivity index (χ2n) is 2.31. The molecule has 0 saturated heterocycles. The van der Waals surface area contributed by atoms with Crippen LogP contribution in [0.25, 0.3) is 0 Å². The summed E-state index contributed by atoms with van der Waals surface area (Å²) in [6.45, 7) is 3.56. The van der Waals surface area contributed by atoms with Crippen molar-refractivity contribution in [3.05, 3.63) is 0 Å². The SMILES string of the molecule is CCOC(=O)C(Cl)C(=O)CC.O=S(=O)(Cl)Cl. The lowest BCUT2D eigenvalue weighted by molar-refractivity contribution is -0.145. The topological polar surface area (TPSA) is 77.5 Å². The number of ether oxygens (including phenoxy) is 1. The lowest BCUT2D eigenvalue weighted by atomic mass is 10.2. The van der Waals surface area contributed by atoms with E-state index in [0.29, 0.717) is 0 Å². The van der Waals surface area contributed by atoms with Gasteiger partial charge in [-0.3, -0.25) is 4.79 Å². The second-order valence-corrected chi connectivity index (χ2v) is 6.42. The van der Waals surface area contributed by atoms with E-state index < -0.39 is 19.6 Å². The Morgan fingerprint density at radius 1 is 1.25 bits per heavy atom. The summed E-state index contributed by atoms with van der Waals surface area (Å²) >= 11 is 5.44. The molecule has 0 rings (SSSR count). The predicted molar refractivity (Wildman–Crippen MR) is 62.2 cm³/mol. The van der Waals surface area contributed by atoms with Gasteiger partial charge in [0.05, 0.1) is 6.61 Å². The summed E-state index contributed by atoms with van der Waals surface area (Å²) in [5.74, 6) is -0.953. The molecule has 0 spiro atoms. The minimum atomic E-state index is -3.72. The fourth-order valence-electron chi connectivity index (χ4n) is 0.526. The fraction of sp³-hybridized carbons (Fsp3) is 0.714. The molecule has 0 fully saturated rings. The van der Waals surface area contributed by atoms with Crippen molar-refractivity contribution < 1.29 is 22.7 Å². The van der Waals surface area contributed by atoms with E-state index in [4.69, 9.17) is 20.0 Å². The molecule has 0 radical (unpaired) electrons. The highest BCUT2D eigenvalue weighted by Gasteiger charge is 2.22. The molecule has 0 N–H and O–H groups in total. The van der Waals surface area contributed by atoms with Crippen LogP contribution in [0, 0.1) is 0 Å². The zero-order chi connectivity index (χ0) is 13.4. The summed E-state index contributed by atoms with van der Waals surface area (Å²) in [6, 6.07) is 0. The summed E-state index contributed by atoms with van der Waals surface area (Å²) in [7, 11) is 4.81. The Kier molecular flexibility index (Phi) is 10.4. The lowest BCUT2D eigenvalue weighted by Crippen LogP contribution is -2.26. The molecule has 1 unspecified atom stereocenters. The third kappa shape index (κ3) is 14.0. The zero-order valence-corrected chi connectivity index (χ0v) is 11.7. The molecule has 0 saturated carbocycles. The highest BCUT2D eigenvalue weighted by atomic mass is 36.0. The van der Waals surface area contributed by atoms with Gasteiger partial charge in [0.1, 0.15) is 0 Å². The van der Waals surface area contributed by atoms with E-state index >= 15 is 0 Å². The van der Waals surface area contributed by atoms with Crippen molar-refractivity contribution in [2.45, 2.75) is 25.6 Å². The number of carbonyl (C=O) groups excluding carboxylic acids is 2. The first-order chi connectivity index (χ1) is 7.13. The summed E-state index contributed by atoms with van der Waals surface area (Å²) in [5, 5.41) is -1.13. The van der Waals surface area contributed by atoms with Gasteiger partial charge in [-0.2, -0.15) is 8.42 Å². The summed E-state index contributed by atoms with van der Waals surface area (Å²) in [6.07, 6.45) is 0.257. The van der Waals surface area contributed by atoms with E-state index in [1.54, 1.807) is 13.8 Å². The van der Waals surface area contributed by atoms with Crippen molar-refractivity contribution in [3.63, 3.8) is 0 Å². The Labute approximate surface area is 108 Å². The van der Waals surface area contributed by atoms with E-state index in [9.17, 15) is 9.59 Å². The normalized spacial score (nSPS) is 12.1. The van der Waals surface area contributed by atoms with Crippen LogP contribution in [-0.4, -0.2) is 32.2 Å². The molecule has 0 aliphatic heterocycles. The number of rotatable bonds is 4. The summed E-state index contributed by atoms with van der Waals surface area (Å²) in [5.41, 5.74) is 0. The molecule has 0 aliphatic carbocycles. The first kappa shape index (κ1) is 18.3. The maximum Gasteiger partial charge on any atom is 0.331 e. The van der Waals surface area contributed by atoms with E-state index in [1.165, 1.54) is 0 Å². The predicted octanol–water partition coefficient (Wildman–Crippen LogP) is 1.84. The summed E-state index contributed by atoms with van der Waals surface area (Å²) < 4.78 is 22.9. The Balaban J connectivity index is 0. The average Bonchev–Trinajstić information content (AvgIpc) is 2.13. The average molecular weight is 314 g/mol. The van der Waals surface area contributed by atoms with Crippen LogP contribution in [0.15, 0.2) is 0 Å². The number of carbonyl (C=O) groups is 2. The van der Waals surface area contributed by atoms with Crippen LogP contribution in [-0.2, 0) is 22.6 Å². The fourth-order valence-corrected chi connectivity index (χ4v) is 0.743. The maximum atomic E-state index is 10.8. The van der Waals surface area contributed by atoms with Gasteiger partial charge in [0, 0.05) is 27.8 Å². The van der Waals surface area contributed by atoms with Crippen LogP contribution in [0.5, 0.6) is 0 Å². The number of ketones is 1. The Morgan fingerprint density at radius 3 is 1.88 bits per heavy atom. The monoisotopic (exact) mass is 312 g/mol. The molecule has 96 valence electrons. The second kappa shape index (κ2) is 9.04. The molecule has 0 aromatic heterocycles. The van der Waals surface area contributed by atoms with Crippen LogP contribution in [0.3, 0.4) is 0 Å². The third-order valence-electron chi connectivity index (χ3n) is 1.12. The van der Waals surface area contributed by atoms with Crippen molar-refractivity contribution in [1.29, 1.82) is 0 Å². The molecule has 16 heavy (non-hydrogen) atoms. The first-order valence-electron chi connectivity index (χ1n) is 4.11. The van der Waals surface area contributed by atoms with E-state index in [-0.39, 0.29) is 18.8 Å². The number of esters is 1. The molecule has 9 heteroatoms. The quantitative estimate of drug-likeness (QED) is 0.342. The Bertz CT molecular complexity index is 319. The van der Waals surface area contributed by atoms with Crippen molar-refractivity contribution in [2.75, 3.05) is 6.61 Å². The standard InChI is InChI=1S/C7H11ClO3.Cl2O2S/c1-3-5(9)6(8)7(10)11-4-2;1-5(2,3)4/h6H,3-4H2,1-2H3;. The van der Waals surface area contributed by atoms with Gasteiger partial charge in [-0.15, -0.1) is 11.6 Å². The largest absolute Gasteiger partial charge is 0.465 e. The van der Waals surface area contributed by atoms with Crippen LogP contribution in [0.1, 0.15) is 20.3 Å². The van der Waals surface area contributed by atoms with Gasteiger partial charge < -0.3 is 4.74 Å². The van der Waals surface area contributed by atoms with Gasteiger partial charge in [0.15, 0.2) is 11.2 Å². The zero-order valence-electron chi connectivity index (χ0n) is 8.57. The van der Waals surface area contributed by atoms with Crippen LogP contribution < -0.4 is 0 Å². The van der Waals surface area contributed by atoms with Gasteiger partial charge in [-0.1, -0.05) is 6.92 Å².